The molecular formula is C14H19N3O4. The molecule has 114 valence electrons. The van der Waals surface area contributed by atoms with Crippen molar-refractivity contribution in [2.75, 3.05) is 5.32 Å². The Morgan fingerprint density at radius 3 is 2.71 bits per heavy atom. The molecule has 1 saturated carbocycles. The third kappa shape index (κ3) is 3.69. The zero-order chi connectivity index (χ0) is 15.4. The summed E-state index contributed by atoms with van der Waals surface area (Å²) in [5.41, 5.74) is 5.97. The van der Waals surface area contributed by atoms with E-state index in [9.17, 15) is 20.0 Å². The van der Waals surface area contributed by atoms with E-state index in [0.29, 0.717) is 0 Å². The number of benzene rings is 1. The number of nitrogens with two attached hydrogens (primary N) is 1. The van der Waals surface area contributed by atoms with Crippen molar-refractivity contribution < 1.29 is 14.8 Å². The summed E-state index contributed by atoms with van der Waals surface area (Å²) in [6.45, 7) is 0. The normalized spacial score (nSPS) is 22.3. The molecule has 4 N–H and O–H groups in total. The monoisotopic (exact) mass is 293 g/mol. The first kappa shape index (κ1) is 15.2. The fourth-order valence-electron chi connectivity index (χ4n) is 2.63. The number of amides is 1. The number of hydrogen-bond acceptors (Lipinski definition) is 5. The third-order valence-corrected chi connectivity index (χ3v) is 3.86. The Bertz CT molecular complexity index is 547. The molecule has 7 nitrogen and oxygen atoms in total. The van der Waals surface area contributed by atoms with E-state index in [1.165, 1.54) is 12.1 Å². The molecule has 2 unspecified atom stereocenters. The minimum Gasteiger partial charge on any atom is -0.506 e. The summed E-state index contributed by atoms with van der Waals surface area (Å²) in [6, 6.07) is 3.39. The van der Waals surface area contributed by atoms with Crippen LogP contribution in [0.1, 0.15) is 32.1 Å². The van der Waals surface area contributed by atoms with Gasteiger partial charge in [0.15, 0.2) is 0 Å². The van der Waals surface area contributed by atoms with E-state index in [2.05, 4.69) is 5.32 Å². The second-order valence-electron chi connectivity index (χ2n) is 5.36. The Balaban J connectivity index is 2.10. The van der Waals surface area contributed by atoms with Gasteiger partial charge >= 0.3 is 0 Å². The van der Waals surface area contributed by atoms with Gasteiger partial charge in [0.05, 0.1) is 22.6 Å². The maximum atomic E-state index is 12.3. The van der Waals surface area contributed by atoms with Crippen molar-refractivity contribution >= 4 is 17.3 Å². The zero-order valence-corrected chi connectivity index (χ0v) is 11.6. The number of phenolic OH excluding ortho intramolecular Hbond substituents is 1. The van der Waals surface area contributed by atoms with Gasteiger partial charge in [-0.2, -0.15) is 0 Å². The molecular weight excluding hydrogens is 274 g/mol. The van der Waals surface area contributed by atoms with Crippen LogP contribution in [0.25, 0.3) is 0 Å². The maximum Gasteiger partial charge on any atom is 0.273 e. The molecule has 7 heteroatoms. The van der Waals surface area contributed by atoms with Crippen molar-refractivity contribution in [1.29, 1.82) is 0 Å². The lowest BCUT2D eigenvalue weighted by molar-refractivity contribution is -0.384. The molecule has 1 aromatic carbocycles. The summed E-state index contributed by atoms with van der Waals surface area (Å²) in [5.74, 6) is -0.851. The molecule has 0 aliphatic heterocycles. The van der Waals surface area contributed by atoms with Gasteiger partial charge in [-0.25, -0.2) is 0 Å². The Kier molecular flexibility index (Phi) is 4.74. The van der Waals surface area contributed by atoms with Gasteiger partial charge in [0, 0.05) is 12.1 Å². The molecule has 1 amide bonds. The number of nitrogens with one attached hydrogen (secondary N) is 1. The number of anilines is 1. The van der Waals surface area contributed by atoms with E-state index < -0.39 is 4.92 Å². The van der Waals surface area contributed by atoms with Gasteiger partial charge in [-0.3, -0.25) is 14.9 Å². The highest BCUT2D eigenvalue weighted by molar-refractivity contribution is 5.94. The minimum absolute atomic E-state index is 0.169. The zero-order valence-electron chi connectivity index (χ0n) is 11.6. The summed E-state index contributed by atoms with van der Waals surface area (Å²) in [4.78, 5) is 22.3. The molecule has 1 aromatic rings. The van der Waals surface area contributed by atoms with E-state index in [1.807, 2.05) is 0 Å². The molecule has 0 heterocycles. The third-order valence-electron chi connectivity index (χ3n) is 3.86. The smallest absolute Gasteiger partial charge is 0.273 e. The van der Waals surface area contributed by atoms with Gasteiger partial charge in [0.1, 0.15) is 5.75 Å². The summed E-state index contributed by atoms with van der Waals surface area (Å²) in [6.07, 6.45) is 4.58. The van der Waals surface area contributed by atoms with E-state index in [4.69, 9.17) is 5.73 Å². The van der Waals surface area contributed by atoms with Crippen LogP contribution in [-0.4, -0.2) is 22.0 Å². The fraction of sp³-hybridized carbons (Fsp3) is 0.500. The Labute approximate surface area is 122 Å². The van der Waals surface area contributed by atoms with Crippen molar-refractivity contribution in [3.8, 4) is 5.75 Å². The molecule has 2 atom stereocenters. The lowest BCUT2D eigenvalue weighted by atomic mass is 9.94. The van der Waals surface area contributed by atoms with Crippen molar-refractivity contribution in [2.24, 2.45) is 11.7 Å². The van der Waals surface area contributed by atoms with Crippen LogP contribution in [0.15, 0.2) is 18.2 Å². The van der Waals surface area contributed by atoms with Crippen LogP contribution in [0.4, 0.5) is 11.4 Å². The molecule has 1 aliphatic rings. The number of rotatable bonds is 3. The highest BCUT2D eigenvalue weighted by Crippen LogP contribution is 2.29. The summed E-state index contributed by atoms with van der Waals surface area (Å²) in [5, 5.41) is 23.0. The number of aromatic hydroxyl groups is 1. The first-order valence-electron chi connectivity index (χ1n) is 7.03. The van der Waals surface area contributed by atoms with Gasteiger partial charge in [0.25, 0.3) is 5.69 Å². The van der Waals surface area contributed by atoms with Gasteiger partial charge in [-0.05, 0) is 18.9 Å². The number of hydrogen-bond donors (Lipinski definition) is 3. The van der Waals surface area contributed by atoms with Gasteiger partial charge in [0.2, 0.25) is 5.91 Å². The predicted octanol–water partition coefficient (Wildman–Crippen LogP) is 2.15. The quantitative estimate of drug-likeness (QED) is 0.341. The number of nitro benzene ring substituents is 1. The van der Waals surface area contributed by atoms with E-state index in [-0.39, 0.29) is 35.0 Å². The van der Waals surface area contributed by atoms with Crippen LogP contribution in [0.5, 0.6) is 5.75 Å². The Morgan fingerprint density at radius 2 is 2.05 bits per heavy atom. The fourth-order valence-corrected chi connectivity index (χ4v) is 2.63. The molecule has 0 bridgehead atoms. The standard InChI is InChI=1S/C14H19N3O4/c15-11-5-3-1-2-4-10(11)14(19)16-12-7-6-9(17(20)21)8-13(12)18/h6-8,10-11,18H,1-5,15H2,(H,16,19). The van der Waals surface area contributed by atoms with E-state index >= 15 is 0 Å². The summed E-state index contributed by atoms with van der Waals surface area (Å²) >= 11 is 0. The van der Waals surface area contributed by atoms with Crippen molar-refractivity contribution in [2.45, 2.75) is 38.1 Å². The van der Waals surface area contributed by atoms with Crippen LogP contribution in [0.2, 0.25) is 0 Å². The molecule has 0 saturated heterocycles. The van der Waals surface area contributed by atoms with Gasteiger partial charge < -0.3 is 16.2 Å². The molecule has 1 fully saturated rings. The highest BCUT2D eigenvalue weighted by atomic mass is 16.6. The first-order valence-corrected chi connectivity index (χ1v) is 7.03. The van der Waals surface area contributed by atoms with Crippen LogP contribution >= 0.6 is 0 Å². The molecule has 0 radical (unpaired) electrons. The molecule has 0 spiro atoms. The molecule has 21 heavy (non-hydrogen) atoms. The molecule has 2 rings (SSSR count). The lowest BCUT2D eigenvalue weighted by Gasteiger charge is -2.20. The van der Waals surface area contributed by atoms with Crippen LogP contribution < -0.4 is 11.1 Å². The SMILES string of the molecule is NC1CCCCCC1C(=O)Nc1ccc([N+](=O)[O-])cc1O. The van der Waals surface area contributed by atoms with E-state index in [0.717, 1.165) is 38.2 Å². The average molecular weight is 293 g/mol. The largest absolute Gasteiger partial charge is 0.506 e. The van der Waals surface area contributed by atoms with Gasteiger partial charge in [-0.1, -0.05) is 19.3 Å². The van der Waals surface area contributed by atoms with Crippen LogP contribution in [0, 0.1) is 16.0 Å². The number of non-ortho nitro benzene ring substituents is 1. The first-order chi connectivity index (χ1) is 9.99. The predicted molar refractivity (Wildman–Crippen MR) is 77.9 cm³/mol. The summed E-state index contributed by atoms with van der Waals surface area (Å²) in [7, 11) is 0. The maximum absolute atomic E-state index is 12.3. The Morgan fingerprint density at radius 1 is 1.33 bits per heavy atom. The van der Waals surface area contributed by atoms with Crippen molar-refractivity contribution in [3.63, 3.8) is 0 Å². The van der Waals surface area contributed by atoms with Crippen LogP contribution in [0.3, 0.4) is 0 Å². The molecule has 0 aromatic heterocycles. The number of carbonyl (C=O) groups is 1. The number of carbonyl (C=O) groups excluding carboxylic acids is 1. The number of nitrogens with zero attached hydrogens (tertiary/aromatic N) is 1. The second kappa shape index (κ2) is 6.53. The highest BCUT2D eigenvalue weighted by Gasteiger charge is 2.27. The van der Waals surface area contributed by atoms with Crippen molar-refractivity contribution in [1.82, 2.24) is 0 Å². The Hall–Kier alpha value is -2.15. The summed E-state index contributed by atoms with van der Waals surface area (Å²) < 4.78 is 0. The van der Waals surface area contributed by atoms with E-state index in [1.54, 1.807) is 0 Å². The topological polar surface area (TPSA) is 118 Å². The van der Waals surface area contributed by atoms with Gasteiger partial charge in [-0.15, -0.1) is 0 Å². The van der Waals surface area contributed by atoms with Crippen molar-refractivity contribution in [3.05, 3.63) is 28.3 Å². The lowest BCUT2D eigenvalue weighted by Crippen LogP contribution is -2.37. The second-order valence-corrected chi connectivity index (χ2v) is 5.36. The number of phenols is 1. The minimum atomic E-state index is -0.605. The van der Waals surface area contributed by atoms with Crippen LogP contribution in [-0.2, 0) is 4.79 Å². The molecule has 1 aliphatic carbocycles. The average Bonchev–Trinajstić information content (AvgIpc) is 2.65. The number of nitro groups is 1.